The van der Waals surface area contributed by atoms with Crippen LogP contribution in [0, 0.1) is 20.2 Å². The smallest absolute Gasteiger partial charge is 0.269 e. The lowest BCUT2D eigenvalue weighted by molar-refractivity contribution is -0.385. The van der Waals surface area contributed by atoms with Crippen molar-refractivity contribution in [2.45, 2.75) is 0 Å². The zero-order valence-electron chi connectivity index (χ0n) is 12.7. The highest BCUT2D eigenvalue weighted by Gasteiger charge is 2.23. The normalized spacial score (nSPS) is 19.2. The molecular weight excluding hydrogens is 386 g/mol. The highest BCUT2D eigenvalue weighted by Crippen LogP contribution is 2.24. The van der Waals surface area contributed by atoms with E-state index in [-0.39, 0.29) is 23.0 Å². The first-order chi connectivity index (χ1) is 12.2. The summed E-state index contributed by atoms with van der Waals surface area (Å²) in [7, 11) is 2.31. The summed E-state index contributed by atoms with van der Waals surface area (Å²) >= 11 is 0. The Balaban J connectivity index is 2.02. The Morgan fingerprint density at radius 3 is 1.65 bits per heavy atom. The predicted molar refractivity (Wildman–Crippen MR) is 95.7 cm³/mol. The average molecular weight is 394 g/mol. The maximum Gasteiger partial charge on any atom is 0.269 e. The van der Waals surface area contributed by atoms with E-state index in [1.54, 1.807) is 0 Å². The van der Waals surface area contributed by atoms with Gasteiger partial charge in [0.1, 0.15) is 0 Å². The number of amidine groups is 2. The van der Waals surface area contributed by atoms with Gasteiger partial charge >= 0.3 is 0 Å². The van der Waals surface area contributed by atoms with Gasteiger partial charge < -0.3 is 4.55 Å². The minimum atomic E-state index is -3.49. The Kier molecular flexibility index (Phi) is 4.59. The molecule has 0 spiro atoms. The molecule has 1 unspecified atom stereocenters. The first kappa shape index (κ1) is 17.8. The number of hydrogen-bond acceptors (Lipinski definition) is 8. The lowest BCUT2D eigenvalue weighted by atomic mass is 10.1. The molecule has 0 bridgehead atoms. The van der Waals surface area contributed by atoms with Crippen molar-refractivity contribution in [1.29, 1.82) is 0 Å². The van der Waals surface area contributed by atoms with Gasteiger partial charge in [0.15, 0.2) is 20.2 Å². The molecule has 0 aromatic heterocycles. The maximum absolute atomic E-state index is 12.2. The fraction of sp³-hybridized carbons (Fsp3) is 0. The molecular formula is C14H8ClN5O5S. The molecule has 1 aliphatic rings. The summed E-state index contributed by atoms with van der Waals surface area (Å²) in [6.07, 6.45) is 0. The van der Waals surface area contributed by atoms with Crippen molar-refractivity contribution in [2.24, 2.45) is 13.8 Å². The predicted octanol–water partition coefficient (Wildman–Crippen LogP) is 3.25. The Morgan fingerprint density at radius 1 is 0.808 bits per heavy atom. The van der Waals surface area contributed by atoms with Gasteiger partial charge in [0.05, 0.1) is 9.85 Å². The number of halogens is 1. The summed E-state index contributed by atoms with van der Waals surface area (Å²) in [5.41, 5.74) is 0.471. The molecule has 10 nitrogen and oxygen atoms in total. The molecule has 26 heavy (non-hydrogen) atoms. The fourth-order valence-electron chi connectivity index (χ4n) is 2.07. The molecule has 12 heteroatoms. The van der Waals surface area contributed by atoms with Crippen LogP contribution in [0.2, 0.25) is 0 Å². The quantitative estimate of drug-likeness (QED) is 0.444. The van der Waals surface area contributed by atoms with Gasteiger partial charge in [0.2, 0.25) is 11.7 Å². The molecule has 2 aromatic carbocycles. The summed E-state index contributed by atoms with van der Waals surface area (Å²) < 4.78 is 19.8. The van der Waals surface area contributed by atoms with Gasteiger partial charge in [0.25, 0.3) is 11.4 Å². The van der Waals surface area contributed by atoms with Gasteiger partial charge in [0, 0.05) is 35.4 Å². The van der Waals surface area contributed by atoms with Crippen molar-refractivity contribution in [3.05, 3.63) is 79.9 Å². The molecule has 0 fully saturated rings. The molecule has 1 heterocycles. The number of nitro groups is 2. The molecule has 0 saturated heterocycles. The third-order valence-electron chi connectivity index (χ3n) is 3.28. The van der Waals surface area contributed by atoms with E-state index in [0.717, 1.165) is 0 Å². The van der Waals surface area contributed by atoms with Crippen LogP contribution in [-0.4, -0.2) is 26.1 Å². The maximum atomic E-state index is 12.2. The van der Waals surface area contributed by atoms with Gasteiger partial charge in [-0.2, -0.15) is 4.99 Å². The number of hydrogen-bond donors (Lipinski definition) is 0. The van der Waals surface area contributed by atoms with E-state index < -0.39 is 19.4 Å². The second kappa shape index (κ2) is 6.71. The molecule has 1 atom stereocenters. The third kappa shape index (κ3) is 3.79. The molecule has 0 aliphatic carbocycles. The van der Waals surface area contributed by atoms with E-state index in [1.807, 2.05) is 0 Å². The Morgan fingerprint density at radius 2 is 1.23 bits per heavy atom. The number of rotatable bonds is 4. The molecule has 0 saturated carbocycles. The molecule has 2 aromatic rings. The minimum absolute atomic E-state index is 0.0109. The van der Waals surface area contributed by atoms with E-state index in [1.165, 1.54) is 48.5 Å². The lowest BCUT2D eigenvalue weighted by Gasteiger charge is -2.13. The standard InChI is InChI=1S/C14H8ClN5O5S/c15-26(25)17-13(9-1-5-11(6-2-9)19(21)22)16-14(18-26)10-3-7-12(8-4-10)20(23)24/h1-8H. The van der Waals surface area contributed by atoms with E-state index in [9.17, 15) is 24.8 Å². The monoisotopic (exact) mass is 393 g/mol. The highest BCUT2D eigenvalue weighted by atomic mass is 35.7. The number of non-ortho nitro benzene ring substituents is 2. The third-order valence-corrected chi connectivity index (χ3v) is 4.49. The van der Waals surface area contributed by atoms with Gasteiger partial charge in [-0.15, -0.1) is 0 Å². The minimum Gasteiger partial charge on any atom is -0.591 e. The number of aliphatic imine (C=N–C) groups is 1. The summed E-state index contributed by atoms with van der Waals surface area (Å²) in [6.45, 7) is 0. The topological polar surface area (TPSA) is 146 Å². The van der Waals surface area contributed by atoms with Crippen LogP contribution in [0.15, 0.2) is 62.3 Å². The first-order valence-electron chi connectivity index (χ1n) is 6.90. The Labute approximate surface area is 151 Å². The van der Waals surface area contributed by atoms with Crippen LogP contribution in [-0.2, 0) is 9.50 Å². The molecule has 0 N–H and O–H groups in total. The summed E-state index contributed by atoms with van der Waals surface area (Å²) in [5, 5.41) is 21.4. The van der Waals surface area contributed by atoms with Crippen LogP contribution >= 0.6 is 10.7 Å². The van der Waals surface area contributed by atoms with E-state index in [4.69, 9.17) is 10.7 Å². The van der Waals surface area contributed by atoms with Crippen molar-refractivity contribution in [1.82, 2.24) is 0 Å². The molecule has 0 radical (unpaired) electrons. The molecule has 132 valence electrons. The highest BCUT2D eigenvalue weighted by molar-refractivity contribution is 8.20. The van der Waals surface area contributed by atoms with Crippen LogP contribution in [0.5, 0.6) is 0 Å². The van der Waals surface area contributed by atoms with Crippen LogP contribution in [0.25, 0.3) is 0 Å². The molecule has 3 rings (SSSR count). The van der Waals surface area contributed by atoms with Crippen LogP contribution in [0.1, 0.15) is 11.1 Å². The molecule has 0 amide bonds. The zero-order chi connectivity index (χ0) is 18.9. The number of nitrogens with zero attached hydrogens (tertiary/aromatic N) is 5. The second-order valence-corrected chi connectivity index (χ2v) is 7.42. The van der Waals surface area contributed by atoms with Crippen molar-refractivity contribution >= 4 is 43.2 Å². The van der Waals surface area contributed by atoms with Crippen molar-refractivity contribution in [3.63, 3.8) is 0 Å². The summed E-state index contributed by atoms with van der Waals surface area (Å²) in [6, 6.07) is 10.6. The lowest BCUT2D eigenvalue weighted by Crippen LogP contribution is -2.15. The van der Waals surface area contributed by atoms with E-state index >= 15 is 0 Å². The van der Waals surface area contributed by atoms with Crippen molar-refractivity contribution in [3.8, 4) is 0 Å². The first-order valence-corrected chi connectivity index (χ1v) is 9.20. The average Bonchev–Trinajstić information content (AvgIpc) is 2.60. The Hall–Kier alpha value is -3.02. The van der Waals surface area contributed by atoms with Crippen LogP contribution in [0.3, 0.4) is 0 Å². The summed E-state index contributed by atoms with van der Waals surface area (Å²) in [5.74, 6) is -0.0218. The van der Waals surface area contributed by atoms with Gasteiger partial charge in [-0.3, -0.25) is 20.2 Å². The largest absolute Gasteiger partial charge is 0.591 e. The number of nitro benzene ring substituents is 2. The van der Waals surface area contributed by atoms with Crippen LogP contribution < -0.4 is 0 Å². The Bertz CT molecular complexity index is 953. The number of benzene rings is 2. The fourth-order valence-corrected chi connectivity index (χ4v) is 3.23. The van der Waals surface area contributed by atoms with Gasteiger partial charge in [-0.25, -0.2) is 0 Å². The van der Waals surface area contributed by atoms with E-state index in [2.05, 4.69) is 13.8 Å². The second-order valence-electron chi connectivity index (χ2n) is 4.98. The van der Waals surface area contributed by atoms with Gasteiger partial charge in [-0.05, 0) is 33.0 Å². The summed E-state index contributed by atoms with van der Waals surface area (Å²) in [4.78, 5) is 24.5. The van der Waals surface area contributed by atoms with E-state index in [0.29, 0.717) is 11.1 Å². The zero-order valence-corrected chi connectivity index (χ0v) is 14.3. The van der Waals surface area contributed by atoms with Gasteiger partial charge in [-0.1, -0.05) is 0 Å². The SMILES string of the molecule is O=[N+]([O-])c1ccc(C2=NC(c3ccc([N+](=O)[O-])cc3)=N[S+]([O-])(Cl)=N2)cc1. The van der Waals surface area contributed by atoms with Crippen LogP contribution in [0.4, 0.5) is 11.4 Å². The molecule has 1 aliphatic heterocycles. The van der Waals surface area contributed by atoms with Crippen molar-refractivity contribution < 1.29 is 14.4 Å². The van der Waals surface area contributed by atoms with Crippen molar-refractivity contribution in [2.75, 3.05) is 0 Å².